The molecule has 1 unspecified atom stereocenters. The molecule has 0 bridgehead atoms. The molecule has 16 heavy (non-hydrogen) atoms. The number of aliphatic carboxylic acids is 1. The first-order chi connectivity index (χ1) is 7.54. The standard InChI is InChI=1S/C11H13Cl2NO2/c1-14-6-7(4-11(15)16)9-3-2-8(12)5-10(9)13/h2-3,5,7,14H,4,6H2,1H3,(H,15,16). The van der Waals surface area contributed by atoms with Gasteiger partial charge in [0.15, 0.2) is 0 Å². The molecule has 0 aliphatic carbocycles. The van der Waals surface area contributed by atoms with Gasteiger partial charge in [0.25, 0.3) is 0 Å². The molecule has 0 aromatic heterocycles. The van der Waals surface area contributed by atoms with Crippen LogP contribution in [0.2, 0.25) is 10.0 Å². The number of nitrogens with one attached hydrogen (secondary N) is 1. The Morgan fingerprint density at radius 3 is 2.69 bits per heavy atom. The monoisotopic (exact) mass is 261 g/mol. The first kappa shape index (κ1) is 13.3. The van der Waals surface area contributed by atoms with E-state index in [9.17, 15) is 4.79 Å². The molecule has 2 N–H and O–H groups in total. The van der Waals surface area contributed by atoms with Crippen LogP contribution < -0.4 is 5.32 Å². The van der Waals surface area contributed by atoms with Gasteiger partial charge in [-0.25, -0.2) is 0 Å². The predicted octanol–water partition coefficient (Wildman–Crippen LogP) is 2.77. The Kier molecular flexibility index (Phi) is 5.06. The van der Waals surface area contributed by atoms with Crippen LogP contribution >= 0.6 is 23.2 Å². The van der Waals surface area contributed by atoms with Gasteiger partial charge in [0.1, 0.15) is 0 Å². The largest absolute Gasteiger partial charge is 0.481 e. The second kappa shape index (κ2) is 6.09. The van der Waals surface area contributed by atoms with E-state index >= 15 is 0 Å². The average molecular weight is 262 g/mol. The van der Waals surface area contributed by atoms with Gasteiger partial charge in [0, 0.05) is 22.5 Å². The van der Waals surface area contributed by atoms with Crippen molar-refractivity contribution in [1.29, 1.82) is 0 Å². The third-order valence-electron chi connectivity index (χ3n) is 2.27. The zero-order valence-corrected chi connectivity index (χ0v) is 10.3. The number of likely N-dealkylation sites (N-methyl/N-ethyl adjacent to an activating group) is 1. The molecule has 1 atom stereocenters. The van der Waals surface area contributed by atoms with E-state index in [2.05, 4.69) is 5.32 Å². The summed E-state index contributed by atoms with van der Waals surface area (Å²) < 4.78 is 0. The van der Waals surface area contributed by atoms with Gasteiger partial charge in [0.2, 0.25) is 0 Å². The van der Waals surface area contributed by atoms with Gasteiger partial charge in [-0.3, -0.25) is 4.79 Å². The van der Waals surface area contributed by atoms with Crippen LogP contribution in [0.1, 0.15) is 17.9 Å². The molecule has 5 heteroatoms. The van der Waals surface area contributed by atoms with Crippen LogP contribution in [0.15, 0.2) is 18.2 Å². The van der Waals surface area contributed by atoms with Crippen LogP contribution in [-0.2, 0) is 4.79 Å². The van der Waals surface area contributed by atoms with Crippen LogP contribution in [0.5, 0.6) is 0 Å². The van der Waals surface area contributed by atoms with Crippen molar-refractivity contribution in [2.75, 3.05) is 13.6 Å². The molecule has 0 saturated carbocycles. The topological polar surface area (TPSA) is 49.3 Å². The van der Waals surface area contributed by atoms with Gasteiger partial charge < -0.3 is 10.4 Å². The number of halogens is 2. The smallest absolute Gasteiger partial charge is 0.304 e. The van der Waals surface area contributed by atoms with Crippen molar-refractivity contribution in [3.8, 4) is 0 Å². The highest BCUT2D eigenvalue weighted by atomic mass is 35.5. The molecule has 3 nitrogen and oxygen atoms in total. The van der Waals surface area contributed by atoms with Gasteiger partial charge in [-0.05, 0) is 24.7 Å². The molecule has 0 aliphatic heterocycles. The lowest BCUT2D eigenvalue weighted by Gasteiger charge is -2.16. The highest BCUT2D eigenvalue weighted by Crippen LogP contribution is 2.29. The zero-order chi connectivity index (χ0) is 12.1. The second-order valence-corrected chi connectivity index (χ2v) is 4.36. The lowest BCUT2D eigenvalue weighted by molar-refractivity contribution is -0.137. The van der Waals surface area contributed by atoms with E-state index < -0.39 is 5.97 Å². The van der Waals surface area contributed by atoms with E-state index in [-0.39, 0.29) is 12.3 Å². The fraction of sp³-hybridized carbons (Fsp3) is 0.364. The summed E-state index contributed by atoms with van der Waals surface area (Å²) in [6.07, 6.45) is 0.0438. The van der Waals surface area contributed by atoms with Crippen molar-refractivity contribution in [3.63, 3.8) is 0 Å². The number of hydrogen-bond donors (Lipinski definition) is 2. The quantitative estimate of drug-likeness (QED) is 0.857. The molecule has 0 heterocycles. The maximum atomic E-state index is 10.7. The third-order valence-corrected chi connectivity index (χ3v) is 2.84. The van der Waals surface area contributed by atoms with Crippen molar-refractivity contribution < 1.29 is 9.90 Å². The molecule has 88 valence electrons. The van der Waals surface area contributed by atoms with Crippen LogP contribution in [0.3, 0.4) is 0 Å². The molecule has 1 aromatic rings. The minimum atomic E-state index is -0.841. The Hall–Kier alpha value is -0.770. The van der Waals surface area contributed by atoms with Crippen molar-refractivity contribution in [2.45, 2.75) is 12.3 Å². The molecule has 0 saturated heterocycles. The molecule has 1 rings (SSSR count). The van der Waals surface area contributed by atoms with Crippen LogP contribution in [0.25, 0.3) is 0 Å². The number of carboxylic acids is 1. The molecule has 0 amide bonds. The minimum absolute atomic E-state index is 0.0438. The lowest BCUT2D eigenvalue weighted by Crippen LogP contribution is -2.20. The van der Waals surface area contributed by atoms with E-state index in [1.165, 1.54) is 0 Å². The van der Waals surface area contributed by atoms with Crippen LogP contribution in [0.4, 0.5) is 0 Å². The molecule has 0 spiro atoms. The molecule has 0 aliphatic rings. The van der Waals surface area contributed by atoms with Gasteiger partial charge in [-0.2, -0.15) is 0 Å². The molecular weight excluding hydrogens is 249 g/mol. The molecular formula is C11H13Cl2NO2. The number of carboxylic acid groups (broad SMARTS) is 1. The first-order valence-corrected chi connectivity index (χ1v) is 5.61. The van der Waals surface area contributed by atoms with Crippen molar-refractivity contribution in [1.82, 2.24) is 5.32 Å². The van der Waals surface area contributed by atoms with Gasteiger partial charge >= 0.3 is 5.97 Å². The summed E-state index contributed by atoms with van der Waals surface area (Å²) in [5.74, 6) is -0.987. The SMILES string of the molecule is CNCC(CC(=O)O)c1ccc(Cl)cc1Cl. The Morgan fingerprint density at radius 2 is 2.19 bits per heavy atom. The molecule has 1 aromatic carbocycles. The zero-order valence-electron chi connectivity index (χ0n) is 8.84. The van der Waals surface area contributed by atoms with Gasteiger partial charge in [-0.1, -0.05) is 29.3 Å². The van der Waals surface area contributed by atoms with Crippen LogP contribution in [0, 0.1) is 0 Å². The summed E-state index contributed by atoms with van der Waals surface area (Å²) >= 11 is 11.8. The maximum absolute atomic E-state index is 10.7. The maximum Gasteiger partial charge on any atom is 0.304 e. The third kappa shape index (κ3) is 3.67. The van der Waals surface area contributed by atoms with E-state index in [0.29, 0.717) is 16.6 Å². The Balaban J connectivity index is 2.95. The van der Waals surface area contributed by atoms with Gasteiger partial charge in [0.05, 0.1) is 6.42 Å². The summed E-state index contributed by atoms with van der Waals surface area (Å²) in [4.78, 5) is 10.7. The van der Waals surface area contributed by atoms with E-state index in [1.807, 2.05) is 0 Å². The van der Waals surface area contributed by atoms with E-state index in [4.69, 9.17) is 28.3 Å². The van der Waals surface area contributed by atoms with Crippen molar-refractivity contribution in [3.05, 3.63) is 33.8 Å². The van der Waals surface area contributed by atoms with Crippen LogP contribution in [-0.4, -0.2) is 24.7 Å². The number of benzene rings is 1. The fourth-order valence-corrected chi connectivity index (χ4v) is 2.14. The van der Waals surface area contributed by atoms with Crippen molar-refractivity contribution in [2.24, 2.45) is 0 Å². The Labute approximate surface area is 104 Å². The second-order valence-electron chi connectivity index (χ2n) is 3.52. The van der Waals surface area contributed by atoms with E-state index in [0.717, 1.165) is 5.56 Å². The Bertz CT molecular complexity index is 382. The fourth-order valence-electron chi connectivity index (χ4n) is 1.58. The predicted molar refractivity (Wildman–Crippen MR) is 65.4 cm³/mol. The van der Waals surface area contributed by atoms with Gasteiger partial charge in [-0.15, -0.1) is 0 Å². The summed E-state index contributed by atoms with van der Waals surface area (Å²) in [5, 5.41) is 12.8. The lowest BCUT2D eigenvalue weighted by atomic mass is 9.95. The minimum Gasteiger partial charge on any atom is -0.481 e. The number of hydrogen-bond acceptors (Lipinski definition) is 2. The normalized spacial score (nSPS) is 12.4. The molecule has 0 fully saturated rings. The summed E-state index contributed by atoms with van der Waals surface area (Å²) in [5.41, 5.74) is 0.808. The highest BCUT2D eigenvalue weighted by molar-refractivity contribution is 6.35. The van der Waals surface area contributed by atoms with E-state index in [1.54, 1.807) is 25.2 Å². The Morgan fingerprint density at radius 1 is 1.50 bits per heavy atom. The number of rotatable bonds is 5. The highest BCUT2D eigenvalue weighted by Gasteiger charge is 2.17. The average Bonchev–Trinajstić information content (AvgIpc) is 2.16. The number of carbonyl (C=O) groups is 1. The summed E-state index contributed by atoms with van der Waals surface area (Å²) in [6.45, 7) is 0.563. The summed E-state index contributed by atoms with van der Waals surface area (Å²) in [7, 11) is 1.78. The molecule has 0 radical (unpaired) electrons. The van der Waals surface area contributed by atoms with Crippen molar-refractivity contribution >= 4 is 29.2 Å². The summed E-state index contributed by atoms with van der Waals surface area (Å²) in [6, 6.07) is 5.12. The first-order valence-electron chi connectivity index (χ1n) is 4.86.